The van der Waals surface area contributed by atoms with Gasteiger partial charge in [0.15, 0.2) is 10.8 Å². The number of nitrogens with one attached hydrogen (secondary N) is 1. The molecule has 182 valence electrons. The van der Waals surface area contributed by atoms with Gasteiger partial charge in [-0.3, -0.25) is 0 Å². The van der Waals surface area contributed by atoms with E-state index in [-0.39, 0.29) is 12.2 Å². The van der Waals surface area contributed by atoms with E-state index < -0.39 is 29.7 Å². The zero-order chi connectivity index (χ0) is 25.2. The number of benzene rings is 2. The molecule has 0 bridgehead atoms. The maximum atomic E-state index is 13.6. The lowest BCUT2D eigenvalue weighted by Crippen LogP contribution is -2.31. The van der Waals surface area contributed by atoms with Gasteiger partial charge >= 0.3 is 12.1 Å². The second kappa shape index (κ2) is 9.96. The third-order valence-electron chi connectivity index (χ3n) is 5.25. The van der Waals surface area contributed by atoms with Gasteiger partial charge in [-0.25, -0.2) is 14.8 Å². The van der Waals surface area contributed by atoms with Crippen molar-refractivity contribution in [3.63, 3.8) is 0 Å². The van der Waals surface area contributed by atoms with E-state index in [2.05, 4.69) is 15.3 Å². The molecule has 2 aromatic carbocycles. The smallest absolute Gasteiger partial charge is 0.416 e. The minimum absolute atomic E-state index is 0.102. The van der Waals surface area contributed by atoms with Crippen LogP contribution in [0.1, 0.15) is 21.6 Å². The van der Waals surface area contributed by atoms with Crippen molar-refractivity contribution in [1.82, 2.24) is 9.97 Å². The van der Waals surface area contributed by atoms with Gasteiger partial charge in [-0.05, 0) is 41.1 Å². The summed E-state index contributed by atoms with van der Waals surface area (Å²) >= 11 is 1.21. The minimum Gasteiger partial charge on any atom is -0.464 e. The first-order valence-electron chi connectivity index (χ1n) is 10.4. The van der Waals surface area contributed by atoms with Crippen LogP contribution in [0.2, 0.25) is 0 Å². The number of nitrogens with zero attached hydrogens (tertiary/aromatic N) is 2. The topological polar surface area (TPSA) is 90.1 Å². The highest BCUT2D eigenvalue weighted by molar-refractivity contribution is 7.19. The fraction of sp³-hybridized carbons (Fsp3) is 0.208. The lowest BCUT2D eigenvalue weighted by molar-refractivity contribution is -0.137. The molecule has 0 radical (unpaired) electrons. The summed E-state index contributed by atoms with van der Waals surface area (Å²) in [5.41, 5.74) is 6.86. The summed E-state index contributed by atoms with van der Waals surface area (Å²) in [6, 6.07) is 11.0. The number of carbonyl (C=O) groups excluding carboxylic acids is 1. The molecule has 0 aliphatic carbocycles. The van der Waals surface area contributed by atoms with Crippen LogP contribution in [0.3, 0.4) is 0 Å². The van der Waals surface area contributed by atoms with Gasteiger partial charge in [-0.15, -0.1) is 0 Å². The van der Waals surface area contributed by atoms with Crippen molar-refractivity contribution in [3.8, 4) is 10.4 Å². The number of fused-ring (bicyclic) bond motifs is 1. The van der Waals surface area contributed by atoms with Crippen molar-refractivity contribution >= 4 is 33.2 Å². The molecule has 2 heterocycles. The number of carbonyl (C=O) groups is 1. The summed E-state index contributed by atoms with van der Waals surface area (Å²) < 4.78 is 56.6. The van der Waals surface area contributed by atoms with Crippen LogP contribution in [0.25, 0.3) is 21.2 Å². The van der Waals surface area contributed by atoms with Crippen LogP contribution in [0.5, 0.6) is 0 Å². The number of hydrogen-bond acceptors (Lipinski definition) is 7. The first-order chi connectivity index (χ1) is 16.6. The number of hydrogen-bond donors (Lipinski definition) is 2. The van der Waals surface area contributed by atoms with Crippen molar-refractivity contribution < 1.29 is 27.1 Å². The first-order valence-corrected chi connectivity index (χ1v) is 11.3. The van der Waals surface area contributed by atoms with Crippen LogP contribution in [-0.2, 0) is 17.3 Å². The number of alkyl halides is 3. The number of methoxy groups -OCH3 is 1. The second-order valence-corrected chi connectivity index (χ2v) is 8.80. The van der Waals surface area contributed by atoms with Gasteiger partial charge in [0.05, 0.1) is 17.6 Å². The molecule has 0 saturated carbocycles. The van der Waals surface area contributed by atoms with Crippen molar-refractivity contribution in [2.75, 3.05) is 19.0 Å². The number of rotatable bonds is 7. The zero-order valence-corrected chi connectivity index (χ0v) is 19.2. The number of anilines is 1. The fourth-order valence-electron chi connectivity index (χ4n) is 3.50. The third kappa shape index (κ3) is 5.75. The third-order valence-corrected chi connectivity index (χ3v) is 6.31. The van der Waals surface area contributed by atoms with Crippen LogP contribution in [0, 0.1) is 5.95 Å². The summed E-state index contributed by atoms with van der Waals surface area (Å²) in [6.07, 6.45) is -2.62. The first kappa shape index (κ1) is 24.6. The van der Waals surface area contributed by atoms with Crippen molar-refractivity contribution in [2.45, 2.75) is 18.6 Å². The van der Waals surface area contributed by atoms with E-state index in [1.807, 2.05) is 0 Å². The highest BCUT2D eigenvalue weighted by atomic mass is 32.1. The van der Waals surface area contributed by atoms with E-state index in [1.54, 1.807) is 18.2 Å². The second-order valence-electron chi connectivity index (χ2n) is 7.80. The van der Waals surface area contributed by atoms with Gasteiger partial charge in [0.1, 0.15) is 0 Å². The van der Waals surface area contributed by atoms with Crippen LogP contribution >= 0.6 is 11.3 Å². The molecule has 0 unspecified atom stereocenters. The number of nitrogens with two attached hydrogens (primary N) is 1. The van der Waals surface area contributed by atoms with E-state index in [0.29, 0.717) is 32.9 Å². The van der Waals surface area contributed by atoms with Crippen molar-refractivity contribution in [1.29, 1.82) is 0 Å². The molecule has 35 heavy (non-hydrogen) atoms. The van der Waals surface area contributed by atoms with E-state index >= 15 is 0 Å². The number of halogens is 4. The molecule has 0 spiro atoms. The lowest BCUT2D eigenvalue weighted by atomic mass is 10.0. The molecule has 0 amide bonds. The molecule has 0 saturated heterocycles. The minimum atomic E-state index is -4.39. The van der Waals surface area contributed by atoms with Crippen LogP contribution < -0.4 is 11.1 Å². The zero-order valence-electron chi connectivity index (χ0n) is 18.4. The van der Waals surface area contributed by atoms with Crippen LogP contribution in [0.15, 0.2) is 54.7 Å². The van der Waals surface area contributed by atoms with Crippen LogP contribution in [-0.4, -0.2) is 35.6 Å². The van der Waals surface area contributed by atoms with Crippen molar-refractivity contribution in [3.05, 3.63) is 77.5 Å². The molecular weight excluding hydrogens is 484 g/mol. The van der Waals surface area contributed by atoms with Gasteiger partial charge in [0, 0.05) is 30.2 Å². The summed E-state index contributed by atoms with van der Waals surface area (Å²) in [5, 5.41) is 4.86. The molecule has 0 fully saturated rings. The van der Waals surface area contributed by atoms with Gasteiger partial charge in [0.2, 0.25) is 5.95 Å². The number of pyridine rings is 1. The Morgan fingerprint density at radius 1 is 1.14 bits per heavy atom. The maximum absolute atomic E-state index is 13.6. The molecule has 1 atom stereocenters. The Balaban J connectivity index is 1.50. The maximum Gasteiger partial charge on any atom is 0.416 e. The van der Waals surface area contributed by atoms with E-state index in [9.17, 15) is 22.4 Å². The number of aromatic nitrogens is 2. The van der Waals surface area contributed by atoms with Gasteiger partial charge in [-0.2, -0.15) is 17.6 Å². The largest absolute Gasteiger partial charge is 0.464 e. The lowest BCUT2D eigenvalue weighted by Gasteiger charge is -2.13. The van der Waals surface area contributed by atoms with Gasteiger partial charge in [0.25, 0.3) is 0 Å². The van der Waals surface area contributed by atoms with Gasteiger partial charge < -0.3 is 15.8 Å². The summed E-state index contributed by atoms with van der Waals surface area (Å²) in [4.78, 5) is 20.8. The summed E-state index contributed by atoms with van der Waals surface area (Å²) in [7, 11) is 1.25. The van der Waals surface area contributed by atoms with E-state index in [0.717, 1.165) is 17.5 Å². The normalized spacial score (nSPS) is 12.5. The number of thiazole rings is 1. The Kier molecular flexibility index (Phi) is 6.99. The summed E-state index contributed by atoms with van der Waals surface area (Å²) in [5.74, 6) is -1.24. The molecule has 2 aromatic heterocycles. The Hall–Kier alpha value is -3.57. The predicted molar refractivity (Wildman–Crippen MR) is 126 cm³/mol. The monoisotopic (exact) mass is 504 g/mol. The summed E-state index contributed by atoms with van der Waals surface area (Å²) in [6.45, 7) is 0.267. The Labute approximate surface area is 201 Å². The molecule has 0 aliphatic rings. The highest BCUT2D eigenvalue weighted by Gasteiger charge is 2.30. The molecule has 11 heteroatoms. The Morgan fingerprint density at radius 3 is 2.57 bits per heavy atom. The molecule has 0 aliphatic heterocycles. The quantitative estimate of drug-likeness (QED) is 0.202. The van der Waals surface area contributed by atoms with Crippen LogP contribution in [0.4, 0.5) is 22.7 Å². The molecule has 4 rings (SSSR count). The number of esters is 1. The molecule has 3 N–H and O–H groups in total. The molecular formula is C24H20F4N4O2S. The van der Waals surface area contributed by atoms with Crippen molar-refractivity contribution in [2.24, 2.45) is 5.73 Å². The van der Waals surface area contributed by atoms with Gasteiger partial charge in [-0.1, -0.05) is 35.6 Å². The fourth-order valence-corrected chi connectivity index (χ4v) is 4.46. The average molecular weight is 505 g/mol. The Morgan fingerprint density at radius 2 is 1.89 bits per heavy atom. The predicted octanol–water partition coefficient (Wildman–Crippen LogP) is 5.28. The number of ether oxygens (including phenoxy) is 1. The molecule has 4 aromatic rings. The SMILES string of the molecule is COC(=O)c1nc(NC[C@H](N)Cc2ccc(C(F)(F)F)cc2)sc1-c1ccc2cnc(F)cc2c1. The van der Waals surface area contributed by atoms with E-state index in [4.69, 9.17) is 10.5 Å². The van der Waals surface area contributed by atoms with E-state index in [1.165, 1.54) is 42.8 Å². The average Bonchev–Trinajstić information content (AvgIpc) is 3.26. The molecule has 6 nitrogen and oxygen atoms in total. The highest BCUT2D eigenvalue weighted by Crippen LogP contribution is 2.35. The standard InChI is InChI=1S/C24H20F4N4O2S/c1-34-22(33)20-21(14-4-5-15-11-30-19(25)10-16(15)9-14)35-23(32-20)31-12-18(29)8-13-2-6-17(7-3-13)24(26,27)28/h2-7,9-11,18H,8,12,29H2,1H3,(H,31,32)/t18-/m1/s1. The Bertz CT molecular complexity index is 1360.